The van der Waals surface area contributed by atoms with Crippen molar-refractivity contribution in [2.24, 2.45) is 50.2 Å². The van der Waals surface area contributed by atoms with Crippen LogP contribution in [0, 0.1) is 50.2 Å². The van der Waals surface area contributed by atoms with Gasteiger partial charge in [0.25, 0.3) is 0 Å². The molecule has 284 valence electrons. The molecule has 5 rings (SSSR count). The van der Waals surface area contributed by atoms with Gasteiger partial charge in [-0.05, 0) is 123 Å². The third kappa shape index (κ3) is 7.50. The topological polar surface area (TPSA) is 99.1 Å². The van der Waals surface area contributed by atoms with E-state index in [-0.39, 0.29) is 70.3 Å². The second-order valence-corrected chi connectivity index (χ2v) is 19.1. The van der Waals surface area contributed by atoms with Gasteiger partial charge < -0.3 is 19.3 Å². The Morgan fingerprint density at radius 1 is 0.882 bits per heavy atom. The fourth-order valence-corrected chi connectivity index (χ4v) is 11.0. The third-order valence-corrected chi connectivity index (χ3v) is 15.0. The molecular weight excluding hydrogens is 640 g/mol. The molecule has 0 radical (unpaired) electrons. The quantitative estimate of drug-likeness (QED) is 0.217. The normalized spacial score (nSPS) is 39.5. The predicted molar refractivity (Wildman–Crippen MR) is 199 cm³/mol. The number of hydrogen-bond acceptors (Lipinski definition) is 7. The standard InChI is InChI=1S/C44H66O7/c1-30(2)26-50-36(47)28-49-29-42(7)34-15-18-44(9)37(41(34,6)17-16-35(42)46)33(45)25-31(3)43(44,8)24-21-39(4)19-22-40(5,23-20-39)38(48)51-27-32-13-11-10-12-14-32/h10-14,25,30,34-35,37,46H,15-24,26-29H2,1-9H3/t34-,35+,37-,39?,40?,41+,42+,43-,44-/m1/s1. The summed E-state index contributed by atoms with van der Waals surface area (Å²) >= 11 is 0. The maximum atomic E-state index is 14.3. The molecule has 0 aliphatic heterocycles. The van der Waals surface area contributed by atoms with Gasteiger partial charge in [-0.3, -0.25) is 9.59 Å². The van der Waals surface area contributed by atoms with E-state index in [1.807, 2.05) is 50.3 Å². The van der Waals surface area contributed by atoms with Gasteiger partial charge in [-0.2, -0.15) is 0 Å². The number of ketones is 1. The molecule has 0 amide bonds. The summed E-state index contributed by atoms with van der Waals surface area (Å²) in [5, 5.41) is 11.5. The van der Waals surface area contributed by atoms with E-state index in [1.54, 1.807) is 0 Å². The summed E-state index contributed by atoms with van der Waals surface area (Å²) in [4.78, 5) is 39.9. The monoisotopic (exact) mass is 706 g/mol. The Labute approximate surface area is 307 Å². The van der Waals surface area contributed by atoms with Crippen LogP contribution in [0.15, 0.2) is 42.0 Å². The molecule has 7 nitrogen and oxygen atoms in total. The largest absolute Gasteiger partial charge is 0.464 e. The Morgan fingerprint density at radius 2 is 1.55 bits per heavy atom. The number of carbonyl (C=O) groups excluding carboxylic acids is 3. The van der Waals surface area contributed by atoms with Crippen molar-refractivity contribution in [3.63, 3.8) is 0 Å². The predicted octanol–water partition coefficient (Wildman–Crippen LogP) is 9.05. The van der Waals surface area contributed by atoms with E-state index >= 15 is 0 Å². The summed E-state index contributed by atoms with van der Waals surface area (Å²) in [5.74, 6) is -0.0788. The fraction of sp³-hybridized carbons (Fsp3) is 0.750. The van der Waals surface area contributed by atoms with Gasteiger partial charge in [-0.25, -0.2) is 4.79 Å². The maximum Gasteiger partial charge on any atom is 0.332 e. The summed E-state index contributed by atoms with van der Waals surface area (Å²) < 4.78 is 17.1. The minimum absolute atomic E-state index is 0.0775. The van der Waals surface area contributed by atoms with E-state index in [2.05, 4.69) is 48.5 Å². The second kappa shape index (κ2) is 14.7. The van der Waals surface area contributed by atoms with Gasteiger partial charge in [-0.15, -0.1) is 0 Å². The average molecular weight is 707 g/mol. The minimum Gasteiger partial charge on any atom is -0.464 e. The van der Waals surface area contributed by atoms with Crippen LogP contribution in [-0.4, -0.2) is 48.8 Å². The number of aliphatic hydroxyl groups is 1. The van der Waals surface area contributed by atoms with E-state index in [4.69, 9.17) is 14.2 Å². The van der Waals surface area contributed by atoms with Crippen molar-refractivity contribution in [2.45, 2.75) is 139 Å². The van der Waals surface area contributed by atoms with Crippen LogP contribution in [0.5, 0.6) is 0 Å². The van der Waals surface area contributed by atoms with E-state index < -0.39 is 16.9 Å². The van der Waals surface area contributed by atoms with Crippen molar-refractivity contribution >= 4 is 17.7 Å². The van der Waals surface area contributed by atoms with Crippen LogP contribution >= 0.6 is 0 Å². The number of allylic oxidation sites excluding steroid dienone is 2. The van der Waals surface area contributed by atoms with Crippen molar-refractivity contribution in [3.8, 4) is 0 Å². The van der Waals surface area contributed by atoms with Crippen LogP contribution < -0.4 is 0 Å². The highest BCUT2D eigenvalue weighted by molar-refractivity contribution is 5.95. The summed E-state index contributed by atoms with van der Waals surface area (Å²) in [6.45, 7) is 20.6. The van der Waals surface area contributed by atoms with Crippen LogP contribution in [0.2, 0.25) is 0 Å². The van der Waals surface area contributed by atoms with Crippen LogP contribution in [0.25, 0.3) is 0 Å². The van der Waals surface area contributed by atoms with Gasteiger partial charge in [-0.1, -0.05) is 84.4 Å². The summed E-state index contributed by atoms with van der Waals surface area (Å²) in [6.07, 6.45) is 10.2. The minimum atomic E-state index is -0.579. The Hall–Kier alpha value is -2.51. The van der Waals surface area contributed by atoms with Crippen molar-refractivity contribution in [1.29, 1.82) is 0 Å². The smallest absolute Gasteiger partial charge is 0.332 e. The molecule has 7 heteroatoms. The lowest BCUT2D eigenvalue weighted by Gasteiger charge is -2.68. The Morgan fingerprint density at radius 3 is 2.20 bits per heavy atom. The first kappa shape index (κ1) is 39.7. The maximum absolute atomic E-state index is 14.3. The fourth-order valence-electron chi connectivity index (χ4n) is 11.0. The van der Waals surface area contributed by atoms with Crippen LogP contribution in [0.1, 0.15) is 132 Å². The van der Waals surface area contributed by atoms with Crippen molar-refractivity contribution < 1.29 is 33.7 Å². The number of ether oxygens (including phenoxy) is 3. The molecule has 4 aliphatic carbocycles. The summed E-state index contributed by atoms with van der Waals surface area (Å²) in [6, 6.07) is 9.88. The number of esters is 2. The SMILES string of the molecule is CC1=CC(=O)[C@@H]2[C@@]3(C)CC[C@H](O)[C@@](C)(COCC(=O)OCC(C)C)[C@@H]3CC[C@@]2(C)[C@]1(C)CCC1(C)CCC(C)(C(=O)OCc2ccccc2)CC1. The van der Waals surface area contributed by atoms with Gasteiger partial charge in [0.15, 0.2) is 5.78 Å². The van der Waals surface area contributed by atoms with Crippen LogP contribution in [0.4, 0.5) is 0 Å². The highest BCUT2D eigenvalue weighted by Gasteiger charge is 2.68. The van der Waals surface area contributed by atoms with Gasteiger partial charge in [0.05, 0.1) is 24.7 Å². The van der Waals surface area contributed by atoms with Crippen molar-refractivity contribution in [3.05, 3.63) is 47.5 Å². The van der Waals surface area contributed by atoms with Crippen molar-refractivity contribution in [1.82, 2.24) is 0 Å². The Balaban J connectivity index is 1.28. The lowest BCUT2D eigenvalue weighted by molar-refractivity contribution is -0.212. The van der Waals surface area contributed by atoms with Gasteiger partial charge in [0.1, 0.15) is 13.2 Å². The van der Waals surface area contributed by atoms with E-state index in [0.717, 1.165) is 63.4 Å². The molecule has 0 unspecified atom stereocenters. The molecular formula is C44H66O7. The van der Waals surface area contributed by atoms with Gasteiger partial charge in [0, 0.05) is 11.3 Å². The first-order valence-corrected chi connectivity index (χ1v) is 19.7. The summed E-state index contributed by atoms with van der Waals surface area (Å²) in [7, 11) is 0. The molecule has 1 aromatic rings. The Bertz CT molecular complexity index is 1460. The molecule has 4 aliphatic rings. The highest BCUT2D eigenvalue weighted by Crippen LogP contribution is 2.71. The van der Waals surface area contributed by atoms with Gasteiger partial charge >= 0.3 is 11.9 Å². The number of carbonyl (C=O) groups is 3. The van der Waals surface area contributed by atoms with Crippen LogP contribution in [-0.2, 0) is 35.2 Å². The molecule has 0 saturated heterocycles. The number of rotatable bonds is 12. The molecule has 0 spiro atoms. The molecule has 0 aromatic heterocycles. The zero-order valence-electron chi connectivity index (χ0n) is 33.1. The molecule has 0 heterocycles. The average Bonchev–Trinajstić information content (AvgIpc) is 3.08. The molecule has 51 heavy (non-hydrogen) atoms. The number of fused-ring (bicyclic) bond motifs is 3. The summed E-state index contributed by atoms with van der Waals surface area (Å²) in [5.41, 5.74) is 0.543. The van der Waals surface area contributed by atoms with E-state index in [0.29, 0.717) is 19.6 Å². The second-order valence-electron chi connectivity index (χ2n) is 19.1. The third-order valence-electron chi connectivity index (χ3n) is 15.0. The van der Waals surface area contributed by atoms with Gasteiger partial charge in [0.2, 0.25) is 0 Å². The van der Waals surface area contributed by atoms with Crippen LogP contribution in [0.3, 0.4) is 0 Å². The Kier molecular flexibility index (Phi) is 11.5. The number of benzene rings is 1. The lowest BCUT2D eigenvalue weighted by Crippen LogP contribution is -2.66. The van der Waals surface area contributed by atoms with E-state index in [1.165, 1.54) is 5.57 Å². The highest BCUT2D eigenvalue weighted by atomic mass is 16.6. The number of hydrogen-bond donors (Lipinski definition) is 1. The molecule has 0 bridgehead atoms. The zero-order valence-corrected chi connectivity index (χ0v) is 33.1. The first-order chi connectivity index (χ1) is 23.8. The van der Waals surface area contributed by atoms with Crippen molar-refractivity contribution in [2.75, 3.05) is 19.8 Å². The number of aliphatic hydroxyl groups excluding tert-OH is 1. The molecule has 3 saturated carbocycles. The first-order valence-electron chi connectivity index (χ1n) is 19.7. The lowest BCUT2D eigenvalue weighted by atomic mass is 9.36. The molecule has 3 fully saturated rings. The molecule has 1 aromatic carbocycles. The zero-order chi connectivity index (χ0) is 37.5. The molecule has 7 atom stereocenters. The molecule has 1 N–H and O–H groups in total. The van der Waals surface area contributed by atoms with E-state index in [9.17, 15) is 19.5 Å².